The van der Waals surface area contributed by atoms with E-state index in [4.69, 9.17) is 36.5 Å². The normalized spacial score (nSPS) is 18.2. The Bertz CT molecular complexity index is 1190. The molecule has 0 unspecified atom stereocenters. The van der Waals surface area contributed by atoms with Gasteiger partial charge in [-0.15, -0.1) is 0 Å². The second kappa shape index (κ2) is 10.8. The maximum absolute atomic E-state index is 13.1. The van der Waals surface area contributed by atoms with E-state index in [1.807, 2.05) is 19.1 Å². The van der Waals surface area contributed by atoms with Crippen molar-refractivity contribution in [2.24, 2.45) is 15.7 Å². The van der Waals surface area contributed by atoms with Crippen LogP contribution in [0, 0.1) is 0 Å². The summed E-state index contributed by atoms with van der Waals surface area (Å²) in [7, 11) is 5.20. The third-order valence-electron chi connectivity index (χ3n) is 6.76. The van der Waals surface area contributed by atoms with Crippen molar-refractivity contribution in [3.63, 3.8) is 0 Å². The van der Waals surface area contributed by atoms with Crippen molar-refractivity contribution in [1.82, 2.24) is 4.90 Å². The summed E-state index contributed by atoms with van der Waals surface area (Å²) in [4.78, 5) is 26.1. The van der Waals surface area contributed by atoms with Gasteiger partial charge in [0.2, 0.25) is 0 Å². The highest BCUT2D eigenvalue weighted by Crippen LogP contribution is 2.41. The van der Waals surface area contributed by atoms with E-state index in [0.717, 1.165) is 31.5 Å². The number of nitrogens with two attached hydrogens (primary N) is 1. The molecule has 9 nitrogen and oxygen atoms in total. The lowest BCUT2D eigenvalue weighted by atomic mass is 9.91. The van der Waals surface area contributed by atoms with Crippen molar-refractivity contribution in [2.75, 3.05) is 45.8 Å². The summed E-state index contributed by atoms with van der Waals surface area (Å²) in [6, 6.07) is 9.08. The van der Waals surface area contributed by atoms with Gasteiger partial charge in [-0.3, -0.25) is 4.90 Å². The standard InChI is InChI=1S/C26H32ClN5O4/c1-5-17-13-22(34-3)21(32-15-26(36-25(32)33)9-11-31(2)12-10-26)14-18(17)24(29-16-28)30-20-8-6-7-19(27)23(20)35-4/h6-8,13-14,16H,5,9-12,15H2,1-4H3,(H2,28,29,30). The summed E-state index contributed by atoms with van der Waals surface area (Å²) in [5.74, 6) is 1.37. The van der Waals surface area contributed by atoms with Crippen LogP contribution in [0.15, 0.2) is 40.3 Å². The Morgan fingerprint density at radius 3 is 2.64 bits per heavy atom. The molecule has 10 heteroatoms. The van der Waals surface area contributed by atoms with Gasteiger partial charge in [0.1, 0.15) is 17.0 Å². The number of amides is 1. The fourth-order valence-electron chi connectivity index (χ4n) is 4.71. The van der Waals surface area contributed by atoms with Gasteiger partial charge in [0.25, 0.3) is 0 Å². The van der Waals surface area contributed by atoms with Gasteiger partial charge in [-0.1, -0.05) is 24.6 Å². The van der Waals surface area contributed by atoms with Gasteiger partial charge in [0, 0.05) is 31.5 Å². The number of carbonyl (C=O) groups is 1. The number of hydrogen-bond donors (Lipinski definition) is 1. The van der Waals surface area contributed by atoms with Crippen molar-refractivity contribution in [3.8, 4) is 11.5 Å². The van der Waals surface area contributed by atoms with Crippen LogP contribution in [0.25, 0.3) is 0 Å². The average molecular weight is 514 g/mol. The minimum absolute atomic E-state index is 0.361. The topological polar surface area (TPSA) is 102 Å². The van der Waals surface area contributed by atoms with E-state index in [1.54, 1.807) is 30.2 Å². The van der Waals surface area contributed by atoms with Crippen LogP contribution >= 0.6 is 11.6 Å². The van der Waals surface area contributed by atoms with E-state index < -0.39 is 5.60 Å². The van der Waals surface area contributed by atoms with Gasteiger partial charge in [-0.2, -0.15) is 0 Å². The number of para-hydroxylation sites is 1. The fraction of sp³-hybridized carbons (Fsp3) is 0.423. The van der Waals surface area contributed by atoms with E-state index in [2.05, 4.69) is 16.9 Å². The molecule has 0 bridgehead atoms. The molecule has 2 N–H and O–H groups in total. The summed E-state index contributed by atoms with van der Waals surface area (Å²) in [6.07, 6.45) is 3.06. The predicted octanol–water partition coefficient (Wildman–Crippen LogP) is 4.41. The Kier molecular flexibility index (Phi) is 7.70. The molecule has 2 aromatic carbocycles. The fourth-order valence-corrected chi connectivity index (χ4v) is 4.96. The predicted molar refractivity (Wildman–Crippen MR) is 143 cm³/mol. The third-order valence-corrected chi connectivity index (χ3v) is 7.06. The van der Waals surface area contributed by atoms with Crippen LogP contribution in [0.4, 0.5) is 16.2 Å². The number of carbonyl (C=O) groups excluding carboxylic acids is 1. The first-order valence-corrected chi connectivity index (χ1v) is 12.3. The second-order valence-electron chi connectivity index (χ2n) is 8.98. The first-order chi connectivity index (χ1) is 17.3. The Morgan fingerprint density at radius 2 is 2.00 bits per heavy atom. The van der Waals surface area contributed by atoms with Crippen LogP contribution in [-0.4, -0.2) is 69.7 Å². The van der Waals surface area contributed by atoms with Crippen molar-refractivity contribution in [3.05, 3.63) is 46.5 Å². The summed E-state index contributed by atoms with van der Waals surface area (Å²) in [6.45, 7) is 4.23. The van der Waals surface area contributed by atoms with Crippen LogP contribution in [0.5, 0.6) is 11.5 Å². The zero-order chi connectivity index (χ0) is 25.9. The van der Waals surface area contributed by atoms with Crippen LogP contribution in [0.3, 0.4) is 0 Å². The Balaban J connectivity index is 1.81. The number of likely N-dealkylation sites (tertiary alicyclic amines) is 1. The largest absolute Gasteiger partial charge is 0.495 e. The van der Waals surface area contributed by atoms with E-state index in [1.165, 1.54) is 13.4 Å². The number of aliphatic imine (C=N–C) groups is 2. The highest BCUT2D eigenvalue weighted by Gasteiger charge is 2.47. The van der Waals surface area contributed by atoms with Crippen molar-refractivity contribution < 1.29 is 19.0 Å². The van der Waals surface area contributed by atoms with E-state index in [0.29, 0.717) is 52.3 Å². The molecule has 2 fully saturated rings. The first-order valence-electron chi connectivity index (χ1n) is 11.9. The number of aryl methyl sites for hydroxylation is 1. The number of anilines is 1. The maximum atomic E-state index is 13.1. The molecule has 36 heavy (non-hydrogen) atoms. The Labute approximate surface area is 216 Å². The summed E-state index contributed by atoms with van der Waals surface area (Å²) in [5, 5.41) is 0.434. The Morgan fingerprint density at radius 1 is 1.25 bits per heavy atom. The summed E-state index contributed by atoms with van der Waals surface area (Å²) >= 11 is 6.31. The molecule has 2 saturated heterocycles. The average Bonchev–Trinajstić information content (AvgIpc) is 3.20. The first kappa shape index (κ1) is 25.8. The van der Waals surface area contributed by atoms with Gasteiger partial charge < -0.3 is 24.8 Å². The van der Waals surface area contributed by atoms with Gasteiger partial charge in [0.05, 0.1) is 37.8 Å². The van der Waals surface area contributed by atoms with Crippen LogP contribution in [0.1, 0.15) is 30.9 Å². The maximum Gasteiger partial charge on any atom is 0.415 e. The summed E-state index contributed by atoms with van der Waals surface area (Å²) < 4.78 is 17.1. The zero-order valence-corrected chi connectivity index (χ0v) is 21.8. The Hall–Kier alpha value is -3.30. The van der Waals surface area contributed by atoms with Crippen molar-refractivity contribution in [1.29, 1.82) is 0 Å². The minimum Gasteiger partial charge on any atom is -0.495 e. The smallest absolute Gasteiger partial charge is 0.415 e. The highest BCUT2D eigenvalue weighted by atomic mass is 35.5. The second-order valence-corrected chi connectivity index (χ2v) is 9.39. The molecule has 2 aliphatic rings. The third kappa shape index (κ3) is 4.99. The molecule has 0 atom stereocenters. The van der Waals surface area contributed by atoms with E-state index >= 15 is 0 Å². The number of methoxy groups -OCH3 is 2. The summed E-state index contributed by atoms with van der Waals surface area (Å²) in [5.41, 5.74) is 7.97. The minimum atomic E-state index is -0.501. The van der Waals surface area contributed by atoms with Crippen molar-refractivity contribution >= 4 is 41.2 Å². The monoisotopic (exact) mass is 513 g/mol. The number of hydrogen-bond acceptors (Lipinski definition) is 6. The number of benzene rings is 2. The van der Waals surface area contributed by atoms with E-state index in [-0.39, 0.29) is 6.09 Å². The van der Waals surface area contributed by atoms with Crippen LogP contribution < -0.4 is 20.1 Å². The number of piperidine rings is 1. The van der Waals surface area contributed by atoms with Gasteiger partial charge in [-0.05, 0) is 43.3 Å². The number of halogens is 1. The van der Waals surface area contributed by atoms with E-state index in [9.17, 15) is 4.79 Å². The van der Waals surface area contributed by atoms with Gasteiger partial charge in [-0.25, -0.2) is 14.8 Å². The SMILES string of the molecule is CCc1cc(OC)c(N2CC3(CCN(C)CC3)OC2=O)cc1C(N=CN)=Nc1cccc(Cl)c1OC. The molecule has 2 heterocycles. The molecule has 0 radical (unpaired) electrons. The molecule has 4 rings (SSSR count). The lowest BCUT2D eigenvalue weighted by Gasteiger charge is -2.35. The van der Waals surface area contributed by atoms with Crippen LogP contribution in [-0.2, 0) is 11.2 Å². The highest BCUT2D eigenvalue weighted by molar-refractivity contribution is 6.32. The molecule has 192 valence electrons. The molecule has 2 aromatic rings. The lowest BCUT2D eigenvalue weighted by Crippen LogP contribution is -2.45. The number of nitrogens with zero attached hydrogens (tertiary/aromatic N) is 4. The lowest BCUT2D eigenvalue weighted by molar-refractivity contribution is 0.00678. The van der Waals surface area contributed by atoms with Crippen LogP contribution in [0.2, 0.25) is 5.02 Å². The zero-order valence-electron chi connectivity index (χ0n) is 21.1. The number of ether oxygens (including phenoxy) is 3. The molecule has 0 aromatic heterocycles. The number of amidine groups is 1. The molecular weight excluding hydrogens is 482 g/mol. The van der Waals surface area contributed by atoms with Gasteiger partial charge >= 0.3 is 6.09 Å². The molecule has 1 spiro atoms. The molecule has 2 aliphatic heterocycles. The number of rotatable bonds is 6. The molecule has 0 aliphatic carbocycles. The molecule has 0 saturated carbocycles. The van der Waals surface area contributed by atoms with Gasteiger partial charge in [0.15, 0.2) is 11.6 Å². The van der Waals surface area contributed by atoms with Crippen molar-refractivity contribution in [2.45, 2.75) is 31.8 Å². The quantitative estimate of drug-likeness (QED) is 0.453. The molecular formula is C26H32ClN5O4. The molecule has 1 amide bonds.